The standard InChI is InChI=1S/C11H19N5OS/c1-8(4-5-18-3)16(2)11(17)9-6-14-10(15-12)7-13-9/h6-8H,4-5,12H2,1-3H3,(H,14,15). The summed E-state index contributed by atoms with van der Waals surface area (Å²) in [5.41, 5.74) is 2.70. The van der Waals surface area contributed by atoms with E-state index in [1.165, 1.54) is 12.4 Å². The number of hydrogen-bond acceptors (Lipinski definition) is 6. The van der Waals surface area contributed by atoms with E-state index in [9.17, 15) is 4.79 Å². The number of carbonyl (C=O) groups excluding carboxylic acids is 1. The molecule has 1 atom stereocenters. The fraction of sp³-hybridized carbons (Fsp3) is 0.545. The zero-order valence-electron chi connectivity index (χ0n) is 10.9. The molecule has 0 aliphatic carbocycles. The number of anilines is 1. The second-order valence-corrected chi connectivity index (χ2v) is 4.96. The van der Waals surface area contributed by atoms with Crippen LogP contribution in [-0.2, 0) is 0 Å². The molecule has 7 heteroatoms. The lowest BCUT2D eigenvalue weighted by Gasteiger charge is -2.24. The van der Waals surface area contributed by atoms with E-state index in [4.69, 9.17) is 5.84 Å². The van der Waals surface area contributed by atoms with Crippen molar-refractivity contribution in [3.63, 3.8) is 0 Å². The molecule has 18 heavy (non-hydrogen) atoms. The predicted octanol–water partition coefficient (Wildman–Crippen LogP) is 0.976. The minimum Gasteiger partial charge on any atom is -0.338 e. The van der Waals surface area contributed by atoms with Gasteiger partial charge in [0.05, 0.1) is 12.4 Å². The highest BCUT2D eigenvalue weighted by atomic mass is 32.2. The third-order valence-corrected chi connectivity index (χ3v) is 3.38. The molecule has 100 valence electrons. The molecular formula is C11H19N5OS. The van der Waals surface area contributed by atoms with E-state index in [-0.39, 0.29) is 11.9 Å². The highest BCUT2D eigenvalue weighted by Gasteiger charge is 2.18. The summed E-state index contributed by atoms with van der Waals surface area (Å²) in [5, 5.41) is 0. The van der Waals surface area contributed by atoms with E-state index in [0.717, 1.165) is 12.2 Å². The van der Waals surface area contributed by atoms with Gasteiger partial charge < -0.3 is 10.3 Å². The van der Waals surface area contributed by atoms with Crippen molar-refractivity contribution < 1.29 is 4.79 Å². The number of thioether (sulfide) groups is 1. The zero-order valence-corrected chi connectivity index (χ0v) is 11.7. The largest absolute Gasteiger partial charge is 0.338 e. The molecule has 0 aliphatic rings. The van der Waals surface area contributed by atoms with Gasteiger partial charge >= 0.3 is 0 Å². The summed E-state index contributed by atoms with van der Waals surface area (Å²) >= 11 is 1.77. The summed E-state index contributed by atoms with van der Waals surface area (Å²) in [4.78, 5) is 21.8. The van der Waals surface area contributed by atoms with Crippen molar-refractivity contribution in [1.29, 1.82) is 0 Å². The van der Waals surface area contributed by atoms with E-state index >= 15 is 0 Å². The summed E-state index contributed by atoms with van der Waals surface area (Å²) in [7, 11) is 1.78. The van der Waals surface area contributed by atoms with Gasteiger partial charge in [-0.05, 0) is 25.4 Å². The number of nitrogen functional groups attached to an aromatic ring is 1. The number of aromatic nitrogens is 2. The van der Waals surface area contributed by atoms with E-state index in [1.807, 2.05) is 6.92 Å². The molecule has 1 amide bonds. The molecule has 1 aromatic heterocycles. The van der Waals surface area contributed by atoms with Crippen LogP contribution in [0.15, 0.2) is 12.4 Å². The lowest BCUT2D eigenvalue weighted by molar-refractivity contribution is 0.0735. The van der Waals surface area contributed by atoms with Crippen LogP contribution in [0.2, 0.25) is 0 Å². The number of nitrogens with zero attached hydrogens (tertiary/aromatic N) is 3. The lowest BCUT2D eigenvalue weighted by atomic mass is 10.2. The fourth-order valence-corrected chi connectivity index (χ4v) is 1.95. The Morgan fingerprint density at radius 2 is 2.28 bits per heavy atom. The summed E-state index contributed by atoms with van der Waals surface area (Å²) in [5.74, 6) is 6.53. The Morgan fingerprint density at radius 3 is 2.78 bits per heavy atom. The molecule has 0 aromatic carbocycles. The van der Waals surface area contributed by atoms with Gasteiger partial charge in [-0.15, -0.1) is 0 Å². The molecule has 0 saturated carbocycles. The first kappa shape index (κ1) is 14.7. The third kappa shape index (κ3) is 3.85. The Bertz CT molecular complexity index is 384. The lowest BCUT2D eigenvalue weighted by Crippen LogP contribution is -2.36. The van der Waals surface area contributed by atoms with Crippen LogP contribution in [0.1, 0.15) is 23.8 Å². The van der Waals surface area contributed by atoms with E-state index < -0.39 is 0 Å². The van der Waals surface area contributed by atoms with Gasteiger partial charge in [-0.1, -0.05) is 0 Å². The third-order valence-electron chi connectivity index (χ3n) is 2.74. The molecule has 0 saturated heterocycles. The first-order valence-electron chi connectivity index (χ1n) is 5.65. The Labute approximate surface area is 111 Å². The van der Waals surface area contributed by atoms with Crippen molar-refractivity contribution in [3.8, 4) is 0 Å². The Balaban J connectivity index is 2.67. The molecule has 1 unspecified atom stereocenters. The molecule has 0 radical (unpaired) electrons. The van der Waals surface area contributed by atoms with Crippen molar-refractivity contribution in [2.75, 3.05) is 24.5 Å². The van der Waals surface area contributed by atoms with Gasteiger partial charge in [-0.25, -0.2) is 15.8 Å². The van der Waals surface area contributed by atoms with Crippen LogP contribution in [0, 0.1) is 0 Å². The maximum absolute atomic E-state index is 12.1. The fourth-order valence-electron chi connectivity index (χ4n) is 1.38. The molecule has 6 nitrogen and oxygen atoms in total. The van der Waals surface area contributed by atoms with Crippen molar-refractivity contribution >= 4 is 23.5 Å². The van der Waals surface area contributed by atoms with Crippen LogP contribution in [0.5, 0.6) is 0 Å². The monoisotopic (exact) mass is 269 g/mol. The zero-order chi connectivity index (χ0) is 13.5. The number of hydrazine groups is 1. The van der Waals surface area contributed by atoms with E-state index in [0.29, 0.717) is 11.5 Å². The average molecular weight is 269 g/mol. The van der Waals surface area contributed by atoms with Crippen LogP contribution in [0.4, 0.5) is 5.82 Å². The molecule has 1 aromatic rings. The van der Waals surface area contributed by atoms with Crippen molar-refractivity contribution in [1.82, 2.24) is 14.9 Å². The molecular weight excluding hydrogens is 250 g/mol. The summed E-state index contributed by atoms with van der Waals surface area (Å²) in [6.07, 6.45) is 5.88. The normalized spacial score (nSPS) is 12.0. The molecule has 3 N–H and O–H groups in total. The Kier molecular flexibility index (Phi) is 5.87. The summed E-state index contributed by atoms with van der Waals surface area (Å²) in [6.45, 7) is 2.03. The Hall–Kier alpha value is -1.34. The van der Waals surface area contributed by atoms with Crippen LogP contribution < -0.4 is 11.3 Å². The minimum absolute atomic E-state index is 0.125. The number of amides is 1. The quantitative estimate of drug-likeness (QED) is 0.591. The summed E-state index contributed by atoms with van der Waals surface area (Å²) in [6, 6.07) is 0.180. The first-order valence-corrected chi connectivity index (χ1v) is 7.04. The maximum Gasteiger partial charge on any atom is 0.274 e. The number of hydrogen-bond donors (Lipinski definition) is 2. The number of nitrogens with one attached hydrogen (secondary N) is 1. The van der Waals surface area contributed by atoms with Crippen LogP contribution in [-0.4, -0.2) is 45.9 Å². The molecule has 1 heterocycles. The smallest absolute Gasteiger partial charge is 0.274 e. The molecule has 0 aliphatic heterocycles. The second kappa shape index (κ2) is 7.17. The molecule has 0 fully saturated rings. The highest BCUT2D eigenvalue weighted by molar-refractivity contribution is 7.98. The van der Waals surface area contributed by atoms with Gasteiger partial charge in [0, 0.05) is 13.1 Å². The molecule has 1 rings (SSSR count). The van der Waals surface area contributed by atoms with Crippen molar-refractivity contribution in [2.24, 2.45) is 5.84 Å². The van der Waals surface area contributed by atoms with Crippen LogP contribution in [0.25, 0.3) is 0 Å². The summed E-state index contributed by atoms with van der Waals surface area (Å²) < 4.78 is 0. The SMILES string of the molecule is CSCCC(C)N(C)C(=O)c1cnc(NN)cn1. The van der Waals surface area contributed by atoms with Gasteiger partial charge in [-0.2, -0.15) is 11.8 Å². The second-order valence-electron chi connectivity index (χ2n) is 3.98. The predicted molar refractivity (Wildman–Crippen MR) is 74.4 cm³/mol. The minimum atomic E-state index is -0.125. The number of nitrogens with two attached hydrogens (primary N) is 1. The van der Waals surface area contributed by atoms with Crippen LogP contribution >= 0.6 is 11.8 Å². The molecule has 0 spiro atoms. The maximum atomic E-state index is 12.1. The van der Waals surface area contributed by atoms with E-state index in [2.05, 4.69) is 21.6 Å². The van der Waals surface area contributed by atoms with Gasteiger partial charge in [0.1, 0.15) is 5.69 Å². The van der Waals surface area contributed by atoms with Gasteiger partial charge in [0.25, 0.3) is 5.91 Å². The molecule has 0 bridgehead atoms. The average Bonchev–Trinajstić information content (AvgIpc) is 2.43. The van der Waals surface area contributed by atoms with Crippen molar-refractivity contribution in [3.05, 3.63) is 18.1 Å². The first-order chi connectivity index (χ1) is 8.60. The van der Waals surface area contributed by atoms with E-state index in [1.54, 1.807) is 23.7 Å². The Morgan fingerprint density at radius 1 is 1.56 bits per heavy atom. The topological polar surface area (TPSA) is 84.1 Å². The van der Waals surface area contributed by atoms with Gasteiger partial charge in [-0.3, -0.25) is 4.79 Å². The number of rotatable bonds is 6. The van der Waals surface area contributed by atoms with Gasteiger partial charge in [0.2, 0.25) is 0 Å². The highest BCUT2D eigenvalue weighted by Crippen LogP contribution is 2.09. The number of carbonyl (C=O) groups is 1. The van der Waals surface area contributed by atoms with Crippen molar-refractivity contribution in [2.45, 2.75) is 19.4 Å². The van der Waals surface area contributed by atoms with Crippen LogP contribution in [0.3, 0.4) is 0 Å². The van der Waals surface area contributed by atoms with Gasteiger partial charge in [0.15, 0.2) is 5.82 Å².